The van der Waals surface area contributed by atoms with Gasteiger partial charge in [-0.3, -0.25) is 14.9 Å². The highest BCUT2D eigenvalue weighted by Crippen LogP contribution is 2.23. The maximum Gasteiger partial charge on any atom is 0.292 e. The van der Waals surface area contributed by atoms with Crippen LogP contribution in [0.15, 0.2) is 48.5 Å². The highest BCUT2D eigenvalue weighted by Gasteiger charge is 2.12. The van der Waals surface area contributed by atoms with Crippen molar-refractivity contribution in [3.8, 4) is 5.75 Å². The molecule has 8 nitrogen and oxygen atoms in total. The van der Waals surface area contributed by atoms with Crippen molar-refractivity contribution in [2.75, 3.05) is 43.4 Å². The van der Waals surface area contributed by atoms with Crippen molar-refractivity contribution < 1.29 is 14.5 Å². The van der Waals surface area contributed by atoms with Crippen LogP contribution < -0.4 is 15.4 Å². The number of carbonyl (C=O) groups is 1. The lowest BCUT2D eigenvalue weighted by molar-refractivity contribution is -0.384. The molecular weight excluding hydrogens is 372 g/mol. The molecule has 0 saturated carbocycles. The van der Waals surface area contributed by atoms with E-state index in [9.17, 15) is 14.9 Å². The van der Waals surface area contributed by atoms with Crippen molar-refractivity contribution in [2.45, 2.75) is 20.3 Å². The van der Waals surface area contributed by atoms with E-state index in [-0.39, 0.29) is 18.0 Å². The molecule has 0 aliphatic carbocycles. The van der Waals surface area contributed by atoms with Gasteiger partial charge in [0.25, 0.3) is 5.69 Å². The number of nitrogens with one attached hydrogen (secondary N) is 2. The predicted molar refractivity (Wildman–Crippen MR) is 115 cm³/mol. The number of nitro groups is 1. The molecule has 2 aromatic carbocycles. The van der Waals surface area contributed by atoms with Gasteiger partial charge in [0.1, 0.15) is 18.0 Å². The molecule has 0 radical (unpaired) electrons. The van der Waals surface area contributed by atoms with Crippen LogP contribution in [-0.4, -0.2) is 48.5 Å². The number of ether oxygens (including phenoxy) is 1. The van der Waals surface area contributed by atoms with Crippen LogP contribution >= 0.6 is 0 Å². The van der Waals surface area contributed by atoms with E-state index in [2.05, 4.69) is 29.4 Å². The van der Waals surface area contributed by atoms with Gasteiger partial charge >= 0.3 is 0 Å². The van der Waals surface area contributed by atoms with Gasteiger partial charge in [-0.15, -0.1) is 0 Å². The maximum atomic E-state index is 12.1. The lowest BCUT2D eigenvalue weighted by Crippen LogP contribution is -2.27. The Morgan fingerprint density at radius 3 is 2.45 bits per heavy atom. The molecule has 0 fully saturated rings. The third-order valence-electron chi connectivity index (χ3n) is 4.48. The summed E-state index contributed by atoms with van der Waals surface area (Å²) in [5.74, 6) is 0.583. The molecule has 2 rings (SSSR count). The zero-order chi connectivity index (χ0) is 21.1. The Morgan fingerprint density at radius 1 is 1.10 bits per heavy atom. The molecule has 0 bridgehead atoms. The lowest BCUT2D eigenvalue weighted by Gasteiger charge is -2.18. The molecule has 0 saturated heterocycles. The molecule has 0 spiro atoms. The molecule has 0 aliphatic rings. The molecule has 0 aromatic heterocycles. The second kappa shape index (κ2) is 11.7. The first-order valence-corrected chi connectivity index (χ1v) is 9.75. The number of nitro benzene ring substituents is 1. The summed E-state index contributed by atoms with van der Waals surface area (Å²) in [6, 6.07) is 13.6. The van der Waals surface area contributed by atoms with Crippen LogP contribution in [0.25, 0.3) is 0 Å². The van der Waals surface area contributed by atoms with E-state index in [4.69, 9.17) is 4.74 Å². The predicted octanol–water partition coefficient (Wildman–Crippen LogP) is 3.76. The fraction of sp³-hybridized carbons (Fsp3) is 0.381. The minimum absolute atomic E-state index is 0.00973. The van der Waals surface area contributed by atoms with E-state index in [0.717, 1.165) is 25.4 Å². The van der Waals surface area contributed by atoms with E-state index in [1.807, 2.05) is 12.1 Å². The first-order chi connectivity index (χ1) is 14.0. The third-order valence-corrected chi connectivity index (χ3v) is 4.48. The molecule has 1 amide bonds. The number of para-hydroxylation sites is 2. The summed E-state index contributed by atoms with van der Waals surface area (Å²) in [5, 5.41) is 16.7. The quantitative estimate of drug-likeness (QED) is 0.416. The van der Waals surface area contributed by atoms with Gasteiger partial charge in [-0.25, -0.2) is 0 Å². The van der Waals surface area contributed by atoms with Crippen molar-refractivity contribution in [3.63, 3.8) is 0 Å². The number of nitrogens with zero attached hydrogens (tertiary/aromatic N) is 2. The number of anilines is 2. The summed E-state index contributed by atoms with van der Waals surface area (Å²) in [7, 11) is 0. The van der Waals surface area contributed by atoms with Gasteiger partial charge in [0.15, 0.2) is 0 Å². The second-order valence-corrected chi connectivity index (χ2v) is 6.40. The topological polar surface area (TPSA) is 96.7 Å². The fourth-order valence-electron chi connectivity index (χ4n) is 2.78. The normalized spacial score (nSPS) is 10.6. The zero-order valence-corrected chi connectivity index (χ0v) is 16.9. The monoisotopic (exact) mass is 400 g/mol. The molecule has 8 heteroatoms. The van der Waals surface area contributed by atoms with Gasteiger partial charge in [-0.05, 0) is 43.4 Å². The van der Waals surface area contributed by atoms with Crippen LogP contribution in [0.4, 0.5) is 17.1 Å². The summed E-state index contributed by atoms with van der Waals surface area (Å²) in [6.45, 7) is 8.02. The number of hydrogen-bond acceptors (Lipinski definition) is 6. The van der Waals surface area contributed by atoms with Crippen molar-refractivity contribution in [3.05, 3.63) is 58.6 Å². The summed E-state index contributed by atoms with van der Waals surface area (Å²) < 4.78 is 5.73. The average Bonchev–Trinajstić information content (AvgIpc) is 2.72. The van der Waals surface area contributed by atoms with E-state index in [1.165, 1.54) is 6.07 Å². The van der Waals surface area contributed by atoms with Gasteiger partial charge in [-0.2, -0.15) is 0 Å². The van der Waals surface area contributed by atoms with E-state index < -0.39 is 4.92 Å². The molecule has 156 valence electrons. The van der Waals surface area contributed by atoms with E-state index in [1.54, 1.807) is 30.3 Å². The standard InChI is InChI=1S/C21H28N4O4/c1-3-24(4-2)15-16-29-18-11-9-17(10-12-18)23-21(26)13-14-22-19-7-5-6-8-20(19)25(27)28/h5-12,22H,3-4,13-16H2,1-2H3,(H,23,26). The SMILES string of the molecule is CCN(CC)CCOc1ccc(NC(=O)CCNc2ccccc2[N+](=O)[O-])cc1. The Bertz CT molecular complexity index is 792. The number of rotatable bonds is 12. The minimum Gasteiger partial charge on any atom is -0.492 e. The van der Waals surface area contributed by atoms with E-state index in [0.29, 0.717) is 24.5 Å². The summed E-state index contributed by atoms with van der Waals surface area (Å²) in [4.78, 5) is 24.9. The van der Waals surface area contributed by atoms with Crippen molar-refractivity contribution in [1.29, 1.82) is 0 Å². The van der Waals surface area contributed by atoms with Gasteiger partial charge in [-0.1, -0.05) is 26.0 Å². The third kappa shape index (κ3) is 7.42. The Morgan fingerprint density at radius 2 is 1.79 bits per heavy atom. The number of likely N-dealkylation sites (N-methyl/N-ethyl adjacent to an activating group) is 1. The zero-order valence-electron chi connectivity index (χ0n) is 16.9. The van der Waals surface area contributed by atoms with Crippen LogP contribution in [0, 0.1) is 10.1 Å². The molecular formula is C21H28N4O4. The minimum atomic E-state index is -0.450. The number of hydrogen-bond donors (Lipinski definition) is 2. The molecule has 29 heavy (non-hydrogen) atoms. The van der Waals surface area contributed by atoms with Gasteiger partial charge in [0.05, 0.1) is 4.92 Å². The van der Waals surface area contributed by atoms with Crippen molar-refractivity contribution >= 4 is 23.0 Å². The highest BCUT2D eigenvalue weighted by atomic mass is 16.6. The van der Waals surface area contributed by atoms with Crippen LogP contribution in [0.3, 0.4) is 0 Å². The highest BCUT2D eigenvalue weighted by molar-refractivity contribution is 5.91. The first-order valence-electron chi connectivity index (χ1n) is 9.75. The molecule has 0 unspecified atom stereocenters. The first kappa shape index (κ1) is 22.2. The number of amides is 1. The number of carbonyl (C=O) groups excluding carboxylic acids is 1. The molecule has 2 N–H and O–H groups in total. The van der Waals surface area contributed by atoms with Crippen LogP contribution in [0.5, 0.6) is 5.75 Å². The van der Waals surface area contributed by atoms with Gasteiger partial charge in [0.2, 0.25) is 5.91 Å². The van der Waals surface area contributed by atoms with Crippen molar-refractivity contribution in [2.24, 2.45) is 0 Å². The fourth-order valence-corrected chi connectivity index (χ4v) is 2.78. The Hall–Kier alpha value is -3.13. The van der Waals surface area contributed by atoms with Gasteiger partial charge < -0.3 is 20.3 Å². The molecule has 0 heterocycles. The Labute approximate surface area is 171 Å². The largest absolute Gasteiger partial charge is 0.492 e. The Balaban J connectivity index is 1.74. The number of benzene rings is 2. The molecule has 0 aliphatic heterocycles. The average molecular weight is 400 g/mol. The summed E-state index contributed by atoms with van der Waals surface area (Å²) >= 11 is 0. The van der Waals surface area contributed by atoms with E-state index >= 15 is 0 Å². The maximum absolute atomic E-state index is 12.1. The molecule has 0 atom stereocenters. The summed E-state index contributed by atoms with van der Waals surface area (Å²) in [6.07, 6.45) is 0.189. The smallest absolute Gasteiger partial charge is 0.292 e. The summed E-state index contributed by atoms with van der Waals surface area (Å²) in [5.41, 5.74) is 1.07. The Kier molecular flexibility index (Phi) is 8.91. The molecule has 2 aromatic rings. The van der Waals surface area contributed by atoms with Crippen LogP contribution in [0.2, 0.25) is 0 Å². The lowest BCUT2D eigenvalue weighted by atomic mass is 10.2. The second-order valence-electron chi connectivity index (χ2n) is 6.40. The van der Waals surface area contributed by atoms with Crippen molar-refractivity contribution in [1.82, 2.24) is 4.90 Å². The van der Waals surface area contributed by atoms with Crippen LogP contribution in [0.1, 0.15) is 20.3 Å². The van der Waals surface area contributed by atoms with Gasteiger partial charge in [0, 0.05) is 31.3 Å². The van der Waals surface area contributed by atoms with Crippen LogP contribution in [-0.2, 0) is 4.79 Å².